The van der Waals surface area contributed by atoms with Crippen LogP contribution in [0.25, 0.3) is 0 Å². The smallest absolute Gasteiger partial charge is 0.129 e. The van der Waals surface area contributed by atoms with Gasteiger partial charge in [-0.1, -0.05) is 0 Å². The Bertz CT molecular complexity index is 50.5. The molecule has 0 radical (unpaired) electrons. The molecule has 3 N–H and O–H groups in total. The average molecular weight is 121 g/mol. The summed E-state index contributed by atoms with van der Waals surface area (Å²) in [6.07, 6.45) is -0.470. The van der Waals surface area contributed by atoms with Crippen LogP contribution < -0.4 is 5.48 Å². The van der Waals surface area contributed by atoms with Crippen LogP contribution in [0.15, 0.2) is 0 Å². The highest BCUT2D eigenvalue weighted by Crippen LogP contribution is 1.83. The predicted octanol–water partition coefficient (Wildman–Crippen LogP) is -0.680. The fourth-order valence-corrected chi connectivity index (χ4v) is 0.294. The Hall–Kier alpha value is -0.160. The van der Waals surface area contributed by atoms with Gasteiger partial charge in [-0.3, -0.25) is 0 Å². The number of aliphatic hydroxyl groups is 1. The van der Waals surface area contributed by atoms with Crippen molar-refractivity contribution in [1.29, 1.82) is 0 Å². The van der Waals surface area contributed by atoms with Gasteiger partial charge in [0.1, 0.15) is 6.23 Å². The molecule has 0 aliphatic carbocycles. The number of rotatable bonds is 4. The number of aliphatic hydroxyl groups excluding tert-OH is 1. The molecule has 4 heteroatoms. The third-order valence-electron chi connectivity index (χ3n) is 0.744. The van der Waals surface area contributed by atoms with Gasteiger partial charge < -0.3 is 15.1 Å². The summed E-state index contributed by atoms with van der Waals surface area (Å²) < 4.78 is 4.60. The van der Waals surface area contributed by atoms with E-state index < -0.39 is 6.23 Å². The molecule has 4 nitrogen and oxygen atoms in total. The average Bonchev–Trinajstić information content (AvgIpc) is 1.83. The first kappa shape index (κ1) is 7.84. The van der Waals surface area contributed by atoms with Gasteiger partial charge in [-0.2, -0.15) is 5.48 Å². The second-order valence-electron chi connectivity index (χ2n) is 1.43. The van der Waals surface area contributed by atoms with Gasteiger partial charge in [0.2, 0.25) is 0 Å². The molecule has 0 spiro atoms. The lowest BCUT2D eigenvalue weighted by atomic mass is 10.4. The van der Waals surface area contributed by atoms with Crippen molar-refractivity contribution < 1.29 is 15.1 Å². The summed E-state index contributed by atoms with van der Waals surface area (Å²) in [6.45, 7) is 0.439. The highest BCUT2D eigenvalue weighted by Gasteiger charge is 1.97. The molecule has 50 valence electrons. The second-order valence-corrected chi connectivity index (χ2v) is 1.43. The highest BCUT2D eigenvalue weighted by atomic mass is 16.5. The van der Waals surface area contributed by atoms with Crippen LogP contribution in [0.5, 0.6) is 0 Å². The SMILES string of the molecule is COCCC(O)NO. The van der Waals surface area contributed by atoms with E-state index in [-0.39, 0.29) is 0 Å². The van der Waals surface area contributed by atoms with E-state index in [9.17, 15) is 0 Å². The van der Waals surface area contributed by atoms with E-state index in [0.717, 1.165) is 0 Å². The van der Waals surface area contributed by atoms with E-state index in [1.54, 1.807) is 5.48 Å². The Balaban J connectivity index is 2.86. The summed E-state index contributed by atoms with van der Waals surface area (Å²) in [5.74, 6) is 0. The third kappa shape index (κ3) is 4.01. The van der Waals surface area contributed by atoms with Crippen LogP contribution in [0, 0.1) is 0 Å². The van der Waals surface area contributed by atoms with E-state index in [4.69, 9.17) is 10.3 Å². The highest BCUT2D eigenvalue weighted by molar-refractivity contribution is 4.41. The van der Waals surface area contributed by atoms with Gasteiger partial charge >= 0.3 is 0 Å². The Labute approximate surface area is 48.0 Å². The van der Waals surface area contributed by atoms with E-state index in [1.165, 1.54) is 7.11 Å². The van der Waals surface area contributed by atoms with Gasteiger partial charge in [-0.15, -0.1) is 0 Å². The summed E-state index contributed by atoms with van der Waals surface area (Å²) in [5, 5.41) is 16.6. The lowest BCUT2D eigenvalue weighted by molar-refractivity contribution is -0.0148. The van der Waals surface area contributed by atoms with Crippen molar-refractivity contribution in [2.24, 2.45) is 0 Å². The van der Waals surface area contributed by atoms with Crippen LogP contribution in [-0.2, 0) is 4.74 Å². The molecule has 0 saturated heterocycles. The van der Waals surface area contributed by atoms with Gasteiger partial charge in [0.05, 0.1) is 6.61 Å². The quantitative estimate of drug-likeness (QED) is 0.340. The molecular formula is C4H11NO3. The van der Waals surface area contributed by atoms with Crippen molar-refractivity contribution in [3.63, 3.8) is 0 Å². The van der Waals surface area contributed by atoms with Crippen molar-refractivity contribution >= 4 is 0 Å². The maximum atomic E-state index is 8.55. The van der Waals surface area contributed by atoms with E-state index >= 15 is 0 Å². The van der Waals surface area contributed by atoms with Crippen molar-refractivity contribution in [1.82, 2.24) is 5.48 Å². The standard InChI is InChI=1S/C4H11NO3/c1-8-3-2-4(6)5-7/h4-7H,2-3H2,1H3. The minimum Gasteiger partial charge on any atom is -0.385 e. The molecule has 0 aromatic heterocycles. The van der Waals surface area contributed by atoms with E-state index in [1.807, 2.05) is 0 Å². The molecular weight excluding hydrogens is 110 g/mol. The number of ether oxygens (including phenoxy) is 1. The molecule has 0 aromatic carbocycles. The zero-order valence-electron chi connectivity index (χ0n) is 4.79. The number of hydrogen-bond donors (Lipinski definition) is 3. The lowest BCUT2D eigenvalue weighted by Crippen LogP contribution is -2.26. The van der Waals surface area contributed by atoms with Crippen molar-refractivity contribution in [2.75, 3.05) is 13.7 Å². The fourth-order valence-electron chi connectivity index (χ4n) is 0.294. The Morgan fingerprint density at radius 1 is 1.75 bits per heavy atom. The van der Waals surface area contributed by atoms with Crippen molar-refractivity contribution in [3.05, 3.63) is 0 Å². The number of methoxy groups -OCH3 is 1. The zero-order chi connectivity index (χ0) is 6.41. The van der Waals surface area contributed by atoms with Crippen LogP contribution in [0.1, 0.15) is 6.42 Å². The van der Waals surface area contributed by atoms with Gasteiger partial charge in [0.25, 0.3) is 0 Å². The molecule has 0 bridgehead atoms. The predicted molar refractivity (Wildman–Crippen MR) is 27.4 cm³/mol. The first-order valence-corrected chi connectivity index (χ1v) is 2.38. The van der Waals surface area contributed by atoms with Crippen LogP contribution in [0.2, 0.25) is 0 Å². The largest absolute Gasteiger partial charge is 0.385 e. The Kier molecular flexibility index (Phi) is 4.89. The van der Waals surface area contributed by atoms with Crippen LogP contribution in [0.3, 0.4) is 0 Å². The van der Waals surface area contributed by atoms with Crippen molar-refractivity contribution in [2.45, 2.75) is 12.6 Å². The molecule has 0 rings (SSSR count). The molecule has 0 amide bonds. The molecule has 0 aromatic rings. The maximum Gasteiger partial charge on any atom is 0.129 e. The van der Waals surface area contributed by atoms with Gasteiger partial charge in [-0.25, -0.2) is 0 Å². The summed E-state index contributed by atoms with van der Waals surface area (Å²) >= 11 is 0. The minimum atomic E-state index is -0.866. The molecule has 1 atom stereocenters. The van der Waals surface area contributed by atoms with Crippen LogP contribution >= 0.6 is 0 Å². The second kappa shape index (κ2) is 4.99. The summed E-state index contributed by atoms with van der Waals surface area (Å²) in [6, 6.07) is 0. The topological polar surface area (TPSA) is 61.7 Å². The third-order valence-corrected chi connectivity index (χ3v) is 0.744. The first-order chi connectivity index (χ1) is 3.81. The molecule has 0 aliphatic heterocycles. The molecule has 8 heavy (non-hydrogen) atoms. The molecule has 0 aliphatic rings. The molecule has 0 fully saturated rings. The maximum absolute atomic E-state index is 8.55. The monoisotopic (exact) mass is 121 g/mol. The van der Waals surface area contributed by atoms with E-state index in [0.29, 0.717) is 13.0 Å². The first-order valence-electron chi connectivity index (χ1n) is 2.38. The van der Waals surface area contributed by atoms with Crippen LogP contribution in [0.4, 0.5) is 0 Å². The van der Waals surface area contributed by atoms with Gasteiger partial charge in [0.15, 0.2) is 0 Å². The molecule has 0 saturated carbocycles. The number of hydrogen-bond acceptors (Lipinski definition) is 4. The molecule has 1 unspecified atom stereocenters. The summed E-state index contributed by atoms with van der Waals surface area (Å²) in [7, 11) is 1.53. The fraction of sp³-hybridized carbons (Fsp3) is 1.00. The number of nitrogens with one attached hydrogen (secondary N) is 1. The summed E-state index contributed by atoms with van der Waals surface area (Å²) in [4.78, 5) is 0. The summed E-state index contributed by atoms with van der Waals surface area (Å²) in [5.41, 5.74) is 1.68. The molecule has 0 heterocycles. The van der Waals surface area contributed by atoms with Gasteiger partial charge in [0, 0.05) is 13.5 Å². The Morgan fingerprint density at radius 2 is 2.38 bits per heavy atom. The number of hydroxylamine groups is 1. The lowest BCUT2D eigenvalue weighted by Gasteiger charge is -2.04. The van der Waals surface area contributed by atoms with Gasteiger partial charge in [-0.05, 0) is 0 Å². The Morgan fingerprint density at radius 3 is 2.75 bits per heavy atom. The normalized spacial score (nSPS) is 13.9. The zero-order valence-corrected chi connectivity index (χ0v) is 4.79. The minimum absolute atomic E-state index is 0.396. The van der Waals surface area contributed by atoms with Crippen molar-refractivity contribution in [3.8, 4) is 0 Å². The van der Waals surface area contributed by atoms with E-state index in [2.05, 4.69) is 4.74 Å². The van der Waals surface area contributed by atoms with Crippen LogP contribution in [-0.4, -0.2) is 30.3 Å².